The molecule has 1 aromatic carbocycles. The summed E-state index contributed by atoms with van der Waals surface area (Å²) in [6.45, 7) is 1.86. The van der Waals surface area contributed by atoms with E-state index in [1.54, 1.807) is 0 Å². The summed E-state index contributed by atoms with van der Waals surface area (Å²) >= 11 is 9.67. The molecule has 2 heteroatoms. The minimum atomic E-state index is -0.385. The van der Waals surface area contributed by atoms with Gasteiger partial charge in [0.05, 0.1) is 9.61 Å². The minimum absolute atomic E-state index is 0.0238. The Balaban J connectivity index is 2.62. The molecule has 0 amide bonds. The van der Waals surface area contributed by atoms with E-state index in [0.29, 0.717) is 4.20 Å². The largest absolute Gasteiger partial charge is 0.136 e. The summed E-state index contributed by atoms with van der Waals surface area (Å²) in [5, 5.41) is 0. The van der Waals surface area contributed by atoms with E-state index in [2.05, 4.69) is 48.8 Å². The van der Waals surface area contributed by atoms with Gasteiger partial charge in [0, 0.05) is 5.92 Å². The Morgan fingerprint density at radius 2 is 2.00 bits per heavy atom. The third-order valence-corrected chi connectivity index (χ3v) is 3.65. The van der Waals surface area contributed by atoms with E-state index >= 15 is 0 Å². The molecule has 90 valence electrons. The van der Waals surface area contributed by atoms with E-state index in [1.165, 1.54) is 0 Å². The highest BCUT2D eigenvalue weighted by molar-refractivity contribution is 8.11. The van der Waals surface area contributed by atoms with E-state index in [0.717, 1.165) is 5.56 Å². The van der Waals surface area contributed by atoms with Crippen molar-refractivity contribution in [2.75, 3.05) is 0 Å². The van der Waals surface area contributed by atoms with Gasteiger partial charge in [0.25, 0.3) is 0 Å². The second-order valence-corrected chi connectivity index (χ2v) is 5.39. The molecule has 0 aromatic heterocycles. The van der Waals surface area contributed by atoms with Crippen LogP contribution in [0.25, 0.3) is 0 Å². The average Bonchev–Trinajstić information content (AvgIpc) is 2.40. The minimum Gasteiger partial charge on any atom is -0.136 e. The smallest absolute Gasteiger partial charge is 0.0862 e. The zero-order valence-electron chi connectivity index (χ0n) is 10.1. The Morgan fingerprint density at radius 1 is 1.28 bits per heavy atom. The first kappa shape index (κ1) is 13.1. The van der Waals surface area contributed by atoms with Crippen LogP contribution in [0.3, 0.4) is 0 Å². The summed E-state index contributed by atoms with van der Waals surface area (Å²) < 4.78 is 0.669. The lowest BCUT2D eigenvalue weighted by Gasteiger charge is -2.34. The van der Waals surface area contributed by atoms with E-state index < -0.39 is 0 Å². The Kier molecular flexibility index (Phi) is 4.06. The van der Waals surface area contributed by atoms with Gasteiger partial charge < -0.3 is 0 Å². The maximum atomic E-state index is 5.29. The molecule has 0 saturated heterocycles. The molecule has 0 spiro atoms. The molecule has 0 heterocycles. The molecule has 0 N–H and O–H groups in total. The van der Waals surface area contributed by atoms with E-state index in [1.807, 2.05) is 37.3 Å². The van der Waals surface area contributed by atoms with Crippen molar-refractivity contribution in [3.05, 3.63) is 60.2 Å². The third-order valence-electron chi connectivity index (χ3n) is 3.11. The Hall–Kier alpha value is -1.30. The SMILES string of the molecule is CC#CC1(c2ccccc2)C=CC=CC1C(=S)S. The number of allylic oxidation sites excluding steroid dienone is 4. The first-order valence-electron chi connectivity index (χ1n) is 5.79. The van der Waals surface area contributed by atoms with E-state index in [9.17, 15) is 0 Å². The van der Waals surface area contributed by atoms with Gasteiger partial charge in [-0.05, 0) is 12.5 Å². The van der Waals surface area contributed by atoms with Crippen LogP contribution in [0.2, 0.25) is 0 Å². The number of thiol groups is 1. The van der Waals surface area contributed by atoms with Crippen LogP contribution < -0.4 is 0 Å². The number of hydrogen-bond acceptors (Lipinski definition) is 1. The van der Waals surface area contributed by atoms with E-state index in [4.69, 9.17) is 12.2 Å². The van der Waals surface area contributed by atoms with Gasteiger partial charge in [0.15, 0.2) is 0 Å². The van der Waals surface area contributed by atoms with Crippen LogP contribution >= 0.6 is 24.8 Å². The fraction of sp³-hybridized carbons (Fsp3) is 0.188. The Bertz CT molecular complexity index is 558. The molecule has 0 fully saturated rings. The van der Waals surface area contributed by atoms with Gasteiger partial charge >= 0.3 is 0 Å². The maximum absolute atomic E-state index is 5.29. The fourth-order valence-electron chi connectivity index (χ4n) is 2.30. The molecule has 0 radical (unpaired) electrons. The quantitative estimate of drug-likeness (QED) is 0.482. The summed E-state index contributed by atoms with van der Waals surface area (Å²) in [7, 11) is 0. The van der Waals surface area contributed by atoms with Gasteiger partial charge in [-0.3, -0.25) is 0 Å². The van der Waals surface area contributed by atoms with Gasteiger partial charge in [-0.1, -0.05) is 72.8 Å². The number of thiocarbonyl (C=S) groups is 1. The third kappa shape index (κ3) is 2.29. The lowest BCUT2D eigenvalue weighted by atomic mass is 9.69. The molecular formula is C16H14S2. The first-order valence-corrected chi connectivity index (χ1v) is 6.64. The molecule has 18 heavy (non-hydrogen) atoms. The zero-order valence-corrected chi connectivity index (χ0v) is 11.8. The summed E-state index contributed by atoms with van der Waals surface area (Å²) in [5.41, 5.74) is 0.769. The van der Waals surface area contributed by atoms with Crippen LogP contribution in [0.5, 0.6) is 0 Å². The van der Waals surface area contributed by atoms with Crippen molar-refractivity contribution in [2.24, 2.45) is 5.92 Å². The van der Waals surface area contributed by atoms with Crippen LogP contribution in [-0.4, -0.2) is 4.20 Å². The number of hydrogen-bond donors (Lipinski definition) is 1. The monoisotopic (exact) mass is 270 g/mol. The molecular weight excluding hydrogens is 256 g/mol. The number of benzene rings is 1. The van der Waals surface area contributed by atoms with Crippen LogP contribution in [0.15, 0.2) is 54.6 Å². The Labute approximate surface area is 119 Å². The summed E-state index contributed by atoms with van der Waals surface area (Å²) in [6, 6.07) is 10.2. The lowest BCUT2D eigenvalue weighted by molar-refractivity contribution is 0.618. The predicted molar refractivity (Wildman–Crippen MR) is 84.9 cm³/mol. The fourth-order valence-corrected chi connectivity index (χ4v) is 2.86. The predicted octanol–water partition coefficient (Wildman–Crippen LogP) is 3.95. The Morgan fingerprint density at radius 3 is 2.61 bits per heavy atom. The normalized spacial score (nSPS) is 25.3. The van der Waals surface area contributed by atoms with E-state index in [-0.39, 0.29) is 11.3 Å². The van der Waals surface area contributed by atoms with Gasteiger partial charge in [0.2, 0.25) is 0 Å². The maximum Gasteiger partial charge on any atom is 0.0862 e. The topological polar surface area (TPSA) is 0 Å². The zero-order chi connectivity index (χ0) is 13.0. The second-order valence-electron chi connectivity index (χ2n) is 4.17. The van der Waals surface area contributed by atoms with Crippen molar-refractivity contribution in [2.45, 2.75) is 12.3 Å². The van der Waals surface area contributed by atoms with Crippen molar-refractivity contribution in [3.63, 3.8) is 0 Å². The van der Waals surface area contributed by atoms with Gasteiger partial charge in [-0.2, -0.15) is 0 Å². The van der Waals surface area contributed by atoms with Crippen molar-refractivity contribution < 1.29 is 0 Å². The molecule has 0 aliphatic heterocycles. The van der Waals surface area contributed by atoms with Gasteiger partial charge in [-0.25, -0.2) is 0 Å². The standard InChI is InChI=1S/C16H14S2/c1-2-11-16(13-8-4-3-5-9-13)12-7-6-10-14(16)15(17)18/h3-10,12,14H,1H3,(H,17,18). The van der Waals surface area contributed by atoms with Gasteiger partial charge in [0.1, 0.15) is 0 Å². The van der Waals surface area contributed by atoms with Crippen LogP contribution in [0, 0.1) is 17.8 Å². The van der Waals surface area contributed by atoms with Crippen molar-refractivity contribution >= 4 is 29.0 Å². The highest BCUT2D eigenvalue weighted by atomic mass is 32.1. The van der Waals surface area contributed by atoms with Crippen molar-refractivity contribution in [3.8, 4) is 11.8 Å². The molecule has 2 unspecified atom stereocenters. The van der Waals surface area contributed by atoms with Crippen LogP contribution in [-0.2, 0) is 5.41 Å². The molecule has 2 rings (SSSR count). The molecule has 1 aromatic rings. The molecule has 0 bridgehead atoms. The van der Waals surface area contributed by atoms with Gasteiger partial charge in [-0.15, -0.1) is 18.5 Å². The van der Waals surface area contributed by atoms with Crippen LogP contribution in [0.4, 0.5) is 0 Å². The lowest BCUT2D eigenvalue weighted by Crippen LogP contribution is -2.35. The second kappa shape index (κ2) is 5.56. The first-order chi connectivity index (χ1) is 8.70. The average molecular weight is 270 g/mol. The van der Waals surface area contributed by atoms with Crippen molar-refractivity contribution in [1.82, 2.24) is 0 Å². The van der Waals surface area contributed by atoms with Crippen LogP contribution in [0.1, 0.15) is 12.5 Å². The molecule has 1 aliphatic rings. The molecule has 0 nitrogen and oxygen atoms in total. The number of rotatable bonds is 2. The summed E-state index contributed by atoms with van der Waals surface area (Å²) in [6.07, 6.45) is 8.23. The van der Waals surface area contributed by atoms with Crippen molar-refractivity contribution in [1.29, 1.82) is 0 Å². The highest BCUT2D eigenvalue weighted by Gasteiger charge is 2.37. The molecule has 0 saturated carbocycles. The summed E-state index contributed by atoms with van der Waals surface area (Å²) in [4.78, 5) is 0. The highest BCUT2D eigenvalue weighted by Crippen LogP contribution is 2.38. The molecule has 1 aliphatic carbocycles. The summed E-state index contributed by atoms with van der Waals surface area (Å²) in [5.74, 6) is 6.38. The molecule has 2 atom stereocenters.